The molecule has 0 atom stereocenters. The lowest BCUT2D eigenvalue weighted by atomic mass is 9.76. The van der Waals surface area contributed by atoms with Gasteiger partial charge in [0, 0.05) is 10.6 Å². The number of rotatable bonds is 2. The highest BCUT2D eigenvalue weighted by Crippen LogP contribution is 2.59. The van der Waals surface area contributed by atoms with Gasteiger partial charge in [0.25, 0.3) is 0 Å². The molecule has 0 unspecified atom stereocenters. The van der Waals surface area contributed by atoms with E-state index in [1.807, 2.05) is 6.07 Å². The molecule has 11 heteroatoms. The molecule has 2 heterocycles. The summed E-state index contributed by atoms with van der Waals surface area (Å²) in [6, 6.07) is 2.93. The number of anilines is 1. The summed E-state index contributed by atoms with van der Waals surface area (Å²) in [7, 11) is 0. The second-order valence-electron chi connectivity index (χ2n) is 6.08. The molecule has 0 aromatic carbocycles. The summed E-state index contributed by atoms with van der Waals surface area (Å²) >= 11 is 1.01. The number of hydrogen-bond donors (Lipinski definition) is 1. The van der Waals surface area contributed by atoms with Gasteiger partial charge in [-0.25, -0.2) is 0 Å². The summed E-state index contributed by atoms with van der Waals surface area (Å²) in [6.45, 7) is 4.46. The van der Waals surface area contributed by atoms with Crippen LogP contribution in [0.2, 0.25) is 0 Å². The first-order chi connectivity index (χ1) is 12.8. The number of nitrogens with two attached hydrogens (primary N) is 1. The molecule has 2 rings (SSSR count). The molecule has 0 radical (unpaired) electrons. The summed E-state index contributed by atoms with van der Waals surface area (Å²) in [5, 5.41) is 18.7. The van der Waals surface area contributed by atoms with Crippen molar-refractivity contribution in [2.24, 2.45) is 11.1 Å². The fraction of sp³-hybridized carbons (Fsp3) is 0.412. The minimum Gasteiger partial charge on any atom is -0.384 e. The summed E-state index contributed by atoms with van der Waals surface area (Å²) in [5.74, 6) is -1.00. The van der Waals surface area contributed by atoms with Gasteiger partial charge < -0.3 is 5.73 Å². The van der Waals surface area contributed by atoms with Crippen LogP contribution in [0.5, 0.6) is 0 Å². The monoisotopic (exact) mass is 420 g/mol. The van der Waals surface area contributed by atoms with E-state index in [9.17, 15) is 36.9 Å². The summed E-state index contributed by atoms with van der Waals surface area (Å²) in [5.41, 5.74) is -0.270. The Kier molecular flexibility index (Phi) is 5.21. The SMILES string of the molecule is CCc1c(C)sc(N2C(C)=CC(C(F)(F)F)(C(F)(F)F)C(C#N)=C2N)c1C#N. The zero-order valence-corrected chi connectivity index (χ0v) is 15.7. The van der Waals surface area contributed by atoms with Crippen LogP contribution in [-0.2, 0) is 6.42 Å². The molecule has 28 heavy (non-hydrogen) atoms. The Morgan fingerprint density at radius 2 is 1.64 bits per heavy atom. The molecule has 0 spiro atoms. The van der Waals surface area contributed by atoms with E-state index in [2.05, 4.69) is 0 Å². The van der Waals surface area contributed by atoms with Crippen LogP contribution in [0, 0.1) is 35.0 Å². The standard InChI is InChI=1S/C17H14F6N4S/c1-4-10-9(3)28-14(11(10)6-24)27-8(2)5-15(16(18,19)20,17(21,22)23)12(7-25)13(27)26/h5H,4,26H2,1-3H3. The molecular weight excluding hydrogens is 406 g/mol. The van der Waals surface area contributed by atoms with Crippen LogP contribution in [0.1, 0.15) is 29.9 Å². The number of nitriles is 2. The van der Waals surface area contributed by atoms with Gasteiger partial charge in [-0.3, -0.25) is 4.90 Å². The highest BCUT2D eigenvalue weighted by Gasteiger charge is 2.73. The average Bonchev–Trinajstić information content (AvgIpc) is 2.87. The highest BCUT2D eigenvalue weighted by molar-refractivity contribution is 7.16. The van der Waals surface area contributed by atoms with Crippen LogP contribution in [0.25, 0.3) is 0 Å². The lowest BCUT2D eigenvalue weighted by molar-refractivity contribution is -0.306. The second kappa shape index (κ2) is 6.74. The molecule has 0 saturated heterocycles. The van der Waals surface area contributed by atoms with Crippen molar-refractivity contribution < 1.29 is 26.3 Å². The van der Waals surface area contributed by atoms with Crippen molar-refractivity contribution in [3.8, 4) is 12.1 Å². The van der Waals surface area contributed by atoms with Crippen molar-refractivity contribution in [1.82, 2.24) is 0 Å². The zero-order valence-electron chi connectivity index (χ0n) is 14.9. The van der Waals surface area contributed by atoms with Gasteiger partial charge >= 0.3 is 12.4 Å². The van der Waals surface area contributed by atoms with Gasteiger partial charge in [0.05, 0.1) is 11.1 Å². The van der Waals surface area contributed by atoms with Gasteiger partial charge in [-0.05, 0) is 31.9 Å². The van der Waals surface area contributed by atoms with E-state index in [4.69, 9.17) is 5.73 Å². The van der Waals surface area contributed by atoms with Crippen LogP contribution in [0.4, 0.5) is 31.3 Å². The Hall–Kier alpha value is -2.66. The molecule has 2 N–H and O–H groups in total. The van der Waals surface area contributed by atoms with Gasteiger partial charge in [-0.15, -0.1) is 11.3 Å². The van der Waals surface area contributed by atoms with Crippen LogP contribution in [0.3, 0.4) is 0 Å². The number of nitrogens with zero attached hydrogens (tertiary/aromatic N) is 3. The summed E-state index contributed by atoms with van der Waals surface area (Å²) < 4.78 is 81.6. The number of thiophene rings is 1. The molecule has 150 valence electrons. The van der Waals surface area contributed by atoms with Gasteiger partial charge in [-0.2, -0.15) is 36.9 Å². The Morgan fingerprint density at radius 3 is 2.04 bits per heavy atom. The zero-order chi connectivity index (χ0) is 21.7. The van der Waals surface area contributed by atoms with E-state index in [0.717, 1.165) is 29.2 Å². The van der Waals surface area contributed by atoms with E-state index in [0.29, 0.717) is 16.9 Å². The molecule has 1 aromatic heterocycles. The highest BCUT2D eigenvalue weighted by atomic mass is 32.1. The van der Waals surface area contributed by atoms with Crippen molar-refractivity contribution >= 4 is 16.3 Å². The lowest BCUT2D eigenvalue weighted by Gasteiger charge is -2.41. The first kappa shape index (κ1) is 21.6. The molecule has 1 aromatic rings. The van der Waals surface area contributed by atoms with E-state index in [1.54, 1.807) is 13.8 Å². The third-order valence-corrected chi connectivity index (χ3v) is 5.67. The Balaban J connectivity index is 2.89. The van der Waals surface area contributed by atoms with Gasteiger partial charge in [0.15, 0.2) is 0 Å². The van der Waals surface area contributed by atoms with Crippen LogP contribution < -0.4 is 10.6 Å². The van der Waals surface area contributed by atoms with Gasteiger partial charge in [0.1, 0.15) is 23.0 Å². The van der Waals surface area contributed by atoms with E-state index < -0.39 is 34.9 Å². The first-order valence-electron chi connectivity index (χ1n) is 7.84. The predicted octanol–water partition coefficient (Wildman–Crippen LogP) is 5.02. The molecule has 0 saturated carbocycles. The van der Waals surface area contributed by atoms with Gasteiger partial charge in [-0.1, -0.05) is 6.92 Å². The minimum absolute atomic E-state index is 0.0518. The molecule has 0 aliphatic carbocycles. The quantitative estimate of drug-likeness (QED) is 0.682. The van der Waals surface area contributed by atoms with Crippen molar-refractivity contribution in [3.63, 3.8) is 0 Å². The second-order valence-corrected chi connectivity index (χ2v) is 7.28. The number of allylic oxidation sites excluding steroid dienone is 3. The molecule has 0 amide bonds. The molecule has 4 nitrogen and oxygen atoms in total. The number of alkyl halides is 6. The molecule has 1 aliphatic rings. The summed E-state index contributed by atoms with van der Waals surface area (Å²) in [4.78, 5) is 1.58. The molecule has 1 aliphatic heterocycles. The van der Waals surface area contributed by atoms with Crippen LogP contribution >= 0.6 is 11.3 Å². The predicted molar refractivity (Wildman–Crippen MR) is 90.8 cm³/mol. The molecule has 0 bridgehead atoms. The Bertz CT molecular complexity index is 938. The number of hydrogen-bond acceptors (Lipinski definition) is 5. The normalized spacial score (nSPS) is 17.2. The third-order valence-electron chi connectivity index (χ3n) is 4.53. The average molecular weight is 420 g/mol. The van der Waals surface area contributed by atoms with Crippen molar-refractivity contribution in [1.29, 1.82) is 10.5 Å². The van der Waals surface area contributed by atoms with Crippen LogP contribution in [-0.4, -0.2) is 12.4 Å². The van der Waals surface area contributed by atoms with E-state index in [1.165, 1.54) is 0 Å². The number of halogens is 6. The fourth-order valence-electron chi connectivity index (χ4n) is 3.24. The Morgan fingerprint density at radius 1 is 1.11 bits per heavy atom. The van der Waals surface area contributed by atoms with Crippen molar-refractivity contribution in [2.45, 2.75) is 39.5 Å². The van der Waals surface area contributed by atoms with Crippen LogP contribution in [0.15, 0.2) is 23.2 Å². The van der Waals surface area contributed by atoms with Crippen molar-refractivity contribution in [2.75, 3.05) is 4.90 Å². The maximum absolute atomic E-state index is 13.6. The third kappa shape index (κ3) is 2.81. The lowest BCUT2D eigenvalue weighted by Crippen LogP contribution is -2.54. The van der Waals surface area contributed by atoms with Gasteiger partial charge in [0.2, 0.25) is 5.41 Å². The van der Waals surface area contributed by atoms with E-state index in [-0.39, 0.29) is 16.6 Å². The minimum atomic E-state index is -5.84. The van der Waals surface area contributed by atoms with E-state index >= 15 is 0 Å². The summed E-state index contributed by atoms with van der Waals surface area (Å²) in [6.07, 6.45) is -11.3. The topological polar surface area (TPSA) is 76.8 Å². The maximum atomic E-state index is 13.6. The largest absolute Gasteiger partial charge is 0.411 e. The Labute approximate surface area is 160 Å². The molecular formula is C17H14F6N4S. The maximum Gasteiger partial charge on any atom is 0.411 e. The smallest absolute Gasteiger partial charge is 0.384 e. The van der Waals surface area contributed by atoms with Crippen molar-refractivity contribution in [3.05, 3.63) is 39.2 Å². The molecule has 0 fully saturated rings. The first-order valence-corrected chi connectivity index (χ1v) is 8.65. The fourth-order valence-corrected chi connectivity index (χ4v) is 4.50. The number of aryl methyl sites for hydroxylation is 1.